The number of carbonyl (C=O) groups excluding carboxylic acids is 2. The quantitative estimate of drug-likeness (QED) is 0.475. The van der Waals surface area contributed by atoms with Gasteiger partial charge in [-0.2, -0.15) is 22.8 Å². The van der Waals surface area contributed by atoms with Crippen LogP contribution in [-0.4, -0.2) is 86.4 Å². The molecule has 0 radical (unpaired) electrons. The minimum absolute atomic E-state index is 0.101. The Kier molecular flexibility index (Phi) is 7.35. The average Bonchev–Trinajstić information content (AvgIpc) is 3.68. The van der Waals surface area contributed by atoms with Crippen LogP contribution >= 0.6 is 22.9 Å². The number of likely N-dealkylation sites (tertiary alicyclic amines) is 1. The molecule has 38 heavy (non-hydrogen) atoms. The molecule has 2 aliphatic rings. The van der Waals surface area contributed by atoms with Crippen molar-refractivity contribution in [3.05, 3.63) is 51.3 Å². The predicted molar refractivity (Wildman–Crippen MR) is 128 cm³/mol. The fourth-order valence-corrected chi connectivity index (χ4v) is 5.54. The lowest BCUT2D eigenvalue weighted by atomic mass is 9.99. The second-order valence-corrected chi connectivity index (χ2v) is 10.5. The molecular weight excluding hydrogens is 553 g/mol. The molecule has 0 bridgehead atoms. The van der Waals surface area contributed by atoms with Gasteiger partial charge < -0.3 is 24.5 Å². The summed E-state index contributed by atoms with van der Waals surface area (Å²) in [6.45, 7) is 0.741. The van der Waals surface area contributed by atoms with Crippen molar-refractivity contribution >= 4 is 40.8 Å². The number of morpholine rings is 1. The first-order valence-electron chi connectivity index (χ1n) is 11.5. The highest BCUT2D eigenvalue weighted by atomic mass is 35.5. The van der Waals surface area contributed by atoms with Gasteiger partial charge in [0.2, 0.25) is 5.95 Å². The monoisotopic (exact) mass is 574 g/mol. The highest BCUT2D eigenvalue weighted by Gasteiger charge is 2.59. The molecule has 2 N–H and O–H groups in total. The number of anilines is 1. The maximum absolute atomic E-state index is 14.4. The van der Waals surface area contributed by atoms with Gasteiger partial charge in [-0.15, -0.1) is 16.4 Å². The number of aliphatic hydroxyl groups excluding tert-OH is 1. The van der Waals surface area contributed by atoms with E-state index in [1.165, 1.54) is 34.8 Å². The van der Waals surface area contributed by atoms with Crippen LogP contribution in [0.4, 0.5) is 23.9 Å². The Morgan fingerprint density at radius 3 is 2.63 bits per heavy atom. The van der Waals surface area contributed by atoms with Gasteiger partial charge in [0.15, 0.2) is 5.82 Å². The van der Waals surface area contributed by atoms with E-state index in [4.69, 9.17) is 20.8 Å². The zero-order valence-electron chi connectivity index (χ0n) is 19.6. The number of halogens is 4. The highest BCUT2D eigenvalue weighted by molar-refractivity contribution is 7.16. The number of aromatic nitrogens is 3. The summed E-state index contributed by atoms with van der Waals surface area (Å²) in [7, 11) is 0. The van der Waals surface area contributed by atoms with Gasteiger partial charge in [0.25, 0.3) is 5.91 Å². The van der Waals surface area contributed by atoms with Crippen molar-refractivity contribution in [3.63, 3.8) is 0 Å². The normalized spacial score (nSPS) is 22.2. The summed E-state index contributed by atoms with van der Waals surface area (Å²) in [5.41, 5.74) is 0.103. The van der Waals surface area contributed by atoms with Crippen LogP contribution in [-0.2, 0) is 11.3 Å². The number of nitrogens with one attached hydrogen (secondary N) is 1. The van der Waals surface area contributed by atoms with Crippen molar-refractivity contribution < 1.29 is 37.0 Å². The first-order valence-corrected chi connectivity index (χ1v) is 12.7. The third-order valence-electron chi connectivity index (χ3n) is 6.27. The molecule has 0 saturated carbocycles. The molecular formula is C22H22ClF3N6O5S. The summed E-state index contributed by atoms with van der Waals surface area (Å²) in [6, 6.07) is 1.46. The number of rotatable bonds is 5. The van der Waals surface area contributed by atoms with Gasteiger partial charge >= 0.3 is 12.2 Å². The molecule has 2 amide bonds. The number of ether oxygens (including phenoxy) is 1. The molecule has 16 heteroatoms. The van der Waals surface area contributed by atoms with Gasteiger partial charge in [-0.1, -0.05) is 11.6 Å². The van der Waals surface area contributed by atoms with Gasteiger partial charge in [0.1, 0.15) is 18.5 Å². The van der Waals surface area contributed by atoms with Gasteiger partial charge in [-0.3, -0.25) is 9.69 Å². The van der Waals surface area contributed by atoms with Crippen molar-refractivity contribution in [2.45, 2.75) is 37.3 Å². The average molecular weight is 575 g/mol. The van der Waals surface area contributed by atoms with Crippen molar-refractivity contribution in [2.75, 3.05) is 31.6 Å². The first kappa shape index (κ1) is 26.5. The first-order chi connectivity index (χ1) is 18.1. The number of urea groups is 1. The van der Waals surface area contributed by atoms with E-state index in [9.17, 15) is 27.9 Å². The molecule has 11 nitrogen and oxygen atoms in total. The van der Waals surface area contributed by atoms with Gasteiger partial charge in [-0.05, 0) is 18.2 Å². The summed E-state index contributed by atoms with van der Waals surface area (Å²) in [5.74, 6) is -2.66. The third kappa shape index (κ3) is 5.23. The summed E-state index contributed by atoms with van der Waals surface area (Å²) >= 11 is 7.25. The third-order valence-corrected chi connectivity index (χ3v) is 7.50. The summed E-state index contributed by atoms with van der Waals surface area (Å²) < 4.78 is 54.7. The van der Waals surface area contributed by atoms with E-state index < -0.39 is 42.7 Å². The number of carbonyl (C=O) groups is 2. The number of hydrogen-bond acceptors (Lipinski definition) is 9. The van der Waals surface area contributed by atoms with Crippen LogP contribution in [0.15, 0.2) is 35.1 Å². The number of furan rings is 1. The lowest BCUT2D eigenvalue weighted by Crippen LogP contribution is -2.56. The number of nitrogens with zero attached hydrogens (tertiary/aromatic N) is 5. The molecule has 2 aliphatic heterocycles. The predicted octanol–water partition coefficient (Wildman–Crippen LogP) is 3.38. The molecule has 3 aromatic heterocycles. The van der Waals surface area contributed by atoms with Crippen LogP contribution in [0, 0.1) is 0 Å². The lowest BCUT2D eigenvalue weighted by Gasteiger charge is -2.36. The number of hydrogen-bond donors (Lipinski definition) is 2. The van der Waals surface area contributed by atoms with E-state index in [-0.39, 0.29) is 50.2 Å². The Morgan fingerprint density at radius 2 is 2.00 bits per heavy atom. The molecule has 2 fully saturated rings. The Labute approximate surface area is 222 Å². The Bertz CT molecular complexity index is 1290. The minimum atomic E-state index is -4.91. The van der Waals surface area contributed by atoms with Crippen molar-refractivity contribution in [3.8, 4) is 0 Å². The minimum Gasteiger partial charge on any atom is -0.472 e. The van der Waals surface area contributed by atoms with E-state index in [1.54, 1.807) is 12.1 Å². The molecule has 3 atom stereocenters. The van der Waals surface area contributed by atoms with Crippen LogP contribution in [0.3, 0.4) is 0 Å². The zero-order chi connectivity index (χ0) is 27.0. The van der Waals surface area contributed by atoms with E-state index in [0.717, 1.165) is 9.56 Å². The Hall–Kier alpha value is -3.14. The van der Waals surface area contributed by atoms with Gasteiger partial charge in [0.05, 0.1) is 41.8 Å². The van der Waals surface area contributed by atoms with E-state index in [2.05, 4.69) is 15.4 Å². The summed E-state index contributed by atoms with van der Waals surface area (Å²) in [4.78, 5) is 32.8. The number of aliphatic hydroxyl groups is 1. The smallest absolute Gasteiger partial charge is 0.409 e. The van der Waals surface area contributed by atoms with Crippen molar-refractivity contribution in [1.82, 2.24) is 24.6 Å². The Balaban J connectivity index is 1.48. The molecule has 2 saturated heterocycles. The number of thiophene rings is 1. The highest BCUT2D eigenvalue weighted by Crippen LogP contribution is 2.44. The van der Waals surface area contributed by atoms with Crippen molar-refractivity contribution in [1.29, 1.82) is 0 Å². The molecule has 3 aromatic rings. The second kappa shape index (κ2) is 10.6. The fraction of sp³-hybridized carbons (Fsp3) is 0.455. The maximum Gasteiger partial charge on any atom is 0.409 e. The number of amides is 2. The standard InChI is InChI=1S/C22H22ClF3N6O5S/c23-15-2-1-13(38-15)10-27-20-28-18(29-32(20)19(34)12-3-6-37-11-12)14-9-16(33)31(17(14)22(24,25)26)21(35)30-4-7-36-8-5-30/h1-3,6,11,14,16-17,33H,4-5,7-10H2,(H,27,28,29). The van der Waals surface area contributed by atoms with Crippen LogP contribution in [0.2, 0.25) is 4.34 Å². The van der Waals surface area contributed by atoms with Crippen LogP contribution in [0.5, 0.6) is 0 Å². The van der Waals surface area contributed by atoms with E-state index >= 15 is 0 Å². The molecule has 5 heterocycles. The molecule has 0 aromatic carbocycles. The maximum atomic E-state index is 14.4. The fourth-order valence-electron chi connectivity index (χ4n) is 4.51. The lowest BCUT2D eigenvalue weighted by molar-refractivity contribution is -0.183. The SMILES string of the molecule is O=C(N1CCOCC1)N1C(O)CC(c2nc(NCc3ccc(Cl)s3)n(C(=O)c3ccoc3)n2)C1C(F)(F)F. The van der Waals surface area contributed by atoms with E-state index in [1.807, 2.05) is 0 Å². The molecule has 0 aliphatic carbocycles. The van der Waals surface area contributed by atoms with Gasteiger partial charge in [-0.25, -0.2) is 4.79 Å². The van der Waals surface area contributed by atoms with Crippen LogP contribution < -0.4 is 5.32 Å². The molecule has 0 spiro atoms. The topological polar surface area (TPSA) is 126 Å². The molecule has 5 rings (SSSR count). The molecule has 204 valence electrons. The molecule has 3 unspecified atom stereocenters. The van der Waals surface area contributed by atoms with Crippen LogP contribution in [0.1, 0.15) is 33.4 Å². The Morgan fingerprint density at radius 1 is 1.24 bits per heavy atom. The summed E-state index contributed by atoms with van der Waals surface area (Å²) in [5, 5.41) is 17.7. The summed E-state index contributed by atoms with van der Waals surface area (Å²) in [6.07, 6.45) is -4.67. The van der Waals surface area contributed by atoms with Crippen LogP contribution in [0.25, 0.3) is 0 Å². The zero-order valence-corrected chi connectivity index (χ0v) is 21.2. The van der Waals surface area contributed by atoms with Crippen molar-refractivity contribution in [2.24, 2.45) is 0 Å². The van der Waals surface area contributed by atoms with E-state index in [0.29, 0.717) is 9.24 Å². The van der Waals surface area contributed by atoms with Gasteiger partial charge in [0, 0.05) is 24.4 Å². The number of alkyl halides is 3. The largest absolute Gasteiger partial charge is 0.472 e. The second-order valence-electron chi connectivity index (χ2n) is 8.68.